The van der Waals surface area contributed by atoms with Gasteiger partial charge in [-0.05, 0) is 18.2 Å². The van der Waals surface area contributed by atoms with Crippen LogP contribution in [-0.4, -0.2) is 24.1 Å². The number of guanidine groups is 1. The summed E-state index contributed by atoms with van der Waals surface area (Å²) in [5, 5.41) is 15.5. The summed E-state index contributed by atoms with van der Waals surface area (Å²) in [4.78, 5) is 9.63. The number of aliphatic imine (C=N–C) groups is 1. The number of hydrogen-bond donors (Lipinski definition) is 1. The Labute approximate surface area is 131 Å². The Balaban J connectivity index is 1.68. The summed E-state index contributed by atoms with van der Waals surface area (Å²) in [5.74, 6) is -1.25. The van der Waals surface area contributed by atoms with Crippen molar-refractivity contribution in [2.24, 2.45) is 4.99 Å². The Bertz CT molecular complexity index is 719. The van der Waals surface area contributed by atoms with Gasteiger partial charge in [0.15, 0.2) is 12.8 Å². The maximum Gasteiger partial charge on any atom is 0.223 e. The summed E-state index contributed by atoms with van der Waals surface area (Å²) in [7, 11) is 0. The fourth-order valence-corrected chi connectivity index (χ4v) is 2.11. The van der Waals surface area contributed by atoms with Crippen molar-refractivity contribution in [2.75, 3.05) is 18.4 Å². The number of aromatic nitrogens is 1. The first-order valence-corrected chi connectivity index (χ1v) is 6.98. The van der Waals surface area contributed by atoms with E-state index in [0.717, 1.165) is 12.1 Å². The summed E-state index contributed by atoms with van der Waals surface area (Å²) in [5.41, 5.74) is 0.121. The molecular weight excluding hydrogens is 306 g/mol. The molecule has 1 aromatic heterocycles. The largest absolute Gasteiger partial charge is 0.618 e. The van der Waals surface area contributed by atoms with E-state index in [-0.39, 0.29) is 18.3 Å². The van der Waals surface area contributed by atoms with E-state index >= 15 is 0 Å². The molecule has 23 heavy (non-hydrogen) atoms. The molecule has 1 aromatic carbocycles. The second-order valence-corrected chi connectivity index (χ2v) is 4.82. The standard InChI is InChI=1S/C15H14F2N4O2/c16-12-5-3-6-13(17)14(12)19-15-18-7-9-21(15)23-10-11-4-1-2-8-20(11)22/h1-6,8H,7,9-10H2,(H,18,19). The van der Waals surface area contributed by atoms with Gasteiger partial charge in [0.1, 0.15) is 17.3 Å². The number of para-hydroxylation sites is 1. The Hall–Kier alpha value is -2.74. The van der Waals surface area contributed by atoms with Gasteiger partial charge in [-0.3, -0.25) is 4.84 Å². The average molecular weight is 320 g/mol. The molecule has 0 saturated heterocycles. The van der Waals surface area contributed by atoms with Crippen LogP contribution in [0, 0.1) is 16.8 Å². The van der Waals surface area contributed by atoms with Crippen LogP contribution in [0.5, 0.6) is 0 Å². The number of hydrogen-bond acceptors (Lipinski definition) is 5. The summed E-state index contributed by atoms with van der Waals surface area (Å²) < 4.78 is 28.0. The Morgan fingerprint density at radius 3 is 2.74 bits per heavy atom. The minimum atomic E-state index is -0.722. The molecule has 6 nitrogen and oxygen atoms in total. The first-order valence-electron chi connectivity index (χ1n) is 6.98. The second-order valence-electron chi connectivity index (χ2n) is 4.82. The number of halogens is 2. The summed E-state index contributed by atoms with van der Waals surface area (Å²) in [6.45, 7) is 0.861. The lowest BCUT2D eigenvalue weighted by Gasteiger charge is -2.20. The van der Waals surface area contributed by atoms with Crippen molar-refractivity contribution in [1.82, 2.24) is 5.06 Å². The molecule has 1 aliphatic heterocycles. The highest BCUT2D eigenvalue weighted by atomic mass is 19.1. The molecule has 0 atom stereocenters. The maximum atomic E-state index is 13.7. The van der Waals surface area contributed by atoms with E-state index < -0.39 is 11.6 Å². The molecule has 0 fully saturated rings. The van der Waals surface area contributed by atoms with Crippen LogP contribution in [0.2, 0.25) is 0 Å². The van der Waals surface area contributed by atoms with Gasteiger partial charge in [0.25, 0.3) is 0 Å². The highest BCUT2D eigenvalue weighted by Gasteiger charge is 2.21. The third-order valence-corrected chi connectivity index (χ3v) is 3.27. The fourth-order valence-electron chi connectivity index (χ4n) is 2.11. The van der Waals surface area contributed by atoms with Gasteiger partial charge < -0.3 is 10.5 Å². The Kier molecular flexibility index (Phi) is 4.33. The van der Waals surface area contributed by atoms with Crippen LogP contribution in [0.3, 0.4) is 0 Å². The fraction of sp³-hybridized carbons (Fsp3) is 0.200. The molecule has 0 spiro atoms. The second kappa shape index (κ2) is 6.57. The van der Waals surface area contributed by atoms with E-state index in [9.17, 15) is 14.0 Å². The first-order chi connectivity index (χ1) is 11.1. The van der Waals surface area contributed by atoms with Gasteiger partial charge in [-0.15, -0.1) is 0 Å². The third-order valence-electron chi connectivity index (χ3n) is 3.27. The smallest absolute Gasteiger partial charge is 0.223 e. The Morgan fingerprint density at radius 2 is 2.00 bits per heavy atom. The molecule has 2 aromatic rings. The number of anilines is 1. The van der Waals surface area contributed by atoms with Crippen LogP contribution in [0.1, 0.15) is 5.69 Å². The van der Waals surface area contributed by atoms with Crippen LogP contribution in [0.15, 0.2) is 47.6 Å². The highest BCUT2D eigenvalue weighted by Crippen LogP contribution is 2.19. The highest BCUT2D eigenvalue weighted by molar-refractivity contribution is 5.94. The van der Waals surface area contributed by atoms with Crippen molar-refractivity contribution in [3.8, 4) is 0 Å². The molecule has 0 radical (unpaired) electrons. The predicted molar refractivity (Wildman–Crippen MR) is 79.2 cm³/mol. The first kappa shape index (κ1) is 15.2. The van der Waals surface area contributed by atoms with Crippen molar-refractivity contribution < 1.29 is 18.3 Å². The van der Waals surface area contributed by atoms with Gasteiger partial charge in [-0.2, -0.15) is 4.73 Å². The number of nitrogens with zero attached hydrogens (tertiary/aromatic N) is 3. The molecule has 0 saturated carbocycles. The summed E-state index contributed by atoms with van der Waals surface area (Å²) >= 11 is 0. The zero-order chi connectivity index (χ0) is 16.2. The molecule has 3 rings (SSSR count). The third kappa shape index (κ3) is 3.37. The number of nitrogens with one attached hydrogen (secondary N) is 1. The summed E-state index contributed by atoms with van der Waals surface area (Å²) in [6.07, 6.45) is 1.37. The lowest BCUT2D eigenvalue weighted by Crippen LogP contribution is -2.37. The molecule has 2 heterocycles. The van der Waals surface area contributed by atoms with Crippen LogP contribution < -0.4 is 10.0 Å². The average Bonchev–Trinajstić information content (AvgIpc) is 2.97. The predicted octanol–water partition coefficient (Wildman–Crippen LogP) is 1.81. The van der Waals surface area contributed by atoms with E-state index in [1.165, 1.54) is 17.3 Å². The molecule has 0 bridgehead atoms. The topological polar surface area (TPSA) is 63.8 Å². The van der Waals surface area contributed by atoms with E-state index in [2.05, 4.69) is 10.3 Å². The van der Waals surface area contributed by atoms with E-state index in [1.807, 2.05) is 0 Å². The summed E-state index contributed by atoms with van der Waals surface area (Å²) in [6, 6.07) is 8.54. The van der Waals surface area contributed by atoms with Crippen molar-refractivity contribution >= 4 is 11.6 Å². The van der Waals surface area contributed by atoms with Crippen LogP contribution in [-0.2, 0) is 11.4 Å². The molecule has 1 N–H and O–H groups in total. The molecular formula is C15H14F2N4O2. The van der Waals surface area contributed by atoms with Crippen LogP contribution in [0.4, 0.5) is 14.5 Å². The van der Waals surface area contributed by atoms with Crippen molar-refractivity contribution in [3.63, 3.8) is 0 Å². The number of benzene rings is 1. The maximum absolute atomic E-state index is 13.7. The molecule has 120 valence electrons. The number of pyridine rings is 1. The van der Waals surface area contributed by atoms with E-state index in [0.29, 0.717) is 23.5 Å². The zero-order valence-electron chi connectivity index (χ0n) is 12.1. The van der Waals surface area contributed by atoms with Crippen molar-refractivity contribution in [3.05, 3.63) is 65.1 Å². The van der Waals surface area contributed by atoms with Gasteiger partial charge in [-0.25, -0.2) is 18.8 Å². The normalized spacial score (nSPS) is 14.0. The zero-order valence-corrected chi connectivity index (χ0v) is 12.1. The van der Waals surface area contributed by atoms with Crippen molar-refractivity contribution in [2.45, 2.75) is 6.61 Å². The van der Waals surface area contributed by atoms with Gasteiger partial charge in [0, 0.05) is 12.1 Å². The SMILES string of the molecule is [O-][n+]1ccccc1CON1CCN=C1Nc1c(F)cccc1F. The molecule has 0 amide bonds. The van der Waals surface area contributed by atoms with Gasteiger partial charge in [0.2, 0.25) is 11.7 Å². The monoisotopic (exact) mass is 320 g/mol. The molecule has 0 aliphatic carbocycles. The van der Waals surface area contributed by atoms with E-state index in [1.54, 1.807) is 18.2 Å². The lowest BCUT2D eigenvalue weighted by atomic mass is 10.3. The number of rotatable bonds is 4. The van der Waals surface area contributed by atoms with Crippen LogP contribution in [0.25, 0.3) is 0 Å². The molecule has 1 aliphatic rings. The van der Waals surface area contributed by atoms with Crippen LogP contribution >= 0.6 is 0 Å². The number of hydroxylamine groups is 2. The van der Waals surface area contributed by atoms with Gasteiger partial charge in [0.05, 0.1) is 13.1 Å². The minimum Gasteiger partial charge on any atom is -0.618 e. The van der Waals surface area contributed by atoms with E-state index in [4.69, 9.17) is 4.84 Å². The lowest BCUT2D eigenvalue weighted by molar-refractivity contribution is -0.617. The molecule has 0 unspecified atom stereocenters. The van der Waals surface area contributed by atoms with Crippen molar-refractivity contribution in [1.29, 1.82) is 0 Å². The van der Waals surface area contributed by atoms with Gasteiger partial charge >= 0.3 is 0 Å². The quantitative estimate of drug-likeness (QED) is 0.689. The Morgan fingerprint density at radius 1 is 1.22 bits per heavy atom. The minimum absolute atomic E-state index is 0.0186. The van der Waals surface area contributed by atoms with Gasteiger partial charge in [-0.1, -0.05) is 6.07 Å². The molecule has 8 heteroatoms.